The highest BCUT2D eigenvalue weighted by Crippen LogP contribution is 2.30. The first-order chi connectivity index (χ1) is 7.45. The zero-order valence-electron chi connectivity index (χ0n) is 8.54. The number of aromatic nitrogens is 2. The van der Waals surface area contributed by atoms with Crippen LogP contribution in [0.15, 0.2) is 18.2 Å². The molecule has 0 spiro atoms. The van der Waals surface area contributed by atoms with Crippen molar-refractivity contribution in [2.24, 2.45) is 5.73 Å². The molecule has 0 aliphatic rings. The van der Waals surface area contributed by atoms with E-state index in [0.29, 0.717) is 11.2 Å². The maximum Gasteiger partial charge on any atom is 0.450 e. The number of imidazole rings is 1. The van der Waals surface area contributed by atoms with Gasteiger partial charge in [0.25, 0.3) is 0 Å². The van der Waals surface area contributed by atoms with Crippen LogP contribution in [0.25, 0.3) is 5.52 Å². The molecular formula is C10H10F3N3. The van der Waals surface area contributed by atoms with Gasteiger partial charge in [0, 0.05) is 12.2 Å². The first kappa shape index (κ1) is 10.9. The molecular weight excluding hydrogens is 219 g/mol. The molecule has 0 amide bonds. The van der Waals surface area contributed by atoms with Crippen LogP contribution in [0.2, 0.25) is 0 Å². The van der Waals surface area contributed by atoms with E-state index in [1.54, 1.807) is 25.1 Å². The van der Waals surface area contributed by atoms with Gasteiger partial charge in [-0.1, -0.05) is 6.07 Å². The second kappa shape index (κ2) is 3.48. The quantitative estimate of drug-likeness (QED) is 0.813. The molecule has 0 aromatic carbocycles. The van der Waals surface area contributed by atoms with Gasteiger partial charge in [-0.15, -0.1) is 0 Å². The van der Waals surface area contributed by atoms with E-state index in [4.69, 9.17) is 5.73 Å². The Bertz CT molecular complexity index is 528. The van der Waals surface area contributed by atoms with Gasteiger partial charge in [-0.2, -0.15) is 13.2 Å². The van der Waals surface area contributed by atoms with Crippen molar-refractivity contribution in [1.29, 1.82) is 0 Å². The predicted molar refractivity (Wildman–Crippen MR) is 52.8 cm³/mol. The average molecular weight is 229 g/mol. The minimum atomic E-state index is -4.47. The molecule has 0 bridgehead atoms. The molecule has 86 valence electrons. The molecule has 0 radical (unpaired) electrons. The fraction of sp³-hybridized carbons (Fsp3) is 0.300. The molecule has 0 unspecified atom stereocenters. The Labute approximate surface area is 89.7 Å². The van der Waals surface area contributed by atoms with E-state index >= 15 is 0 Å². The highest BCUT2D eigenvalue weighted by Gasteiger charge is 2.37. The Morgan fingerprint density at radius 2 is 2.06 bits per heavy atom. The molecule has 2 rings (SSSR count). The summed E-state index contributed by atoms with van der Waals surface area (Å²) in [5.74, 6) is -0.916. The molecule has 0 aliphatic carbocycles. The minimum absolute atomic E-state index is 0.0109. The number of pyridine rings is 1. The standard InChI is InChI=1S/C10H10F3N3/c1-6-3-2-4-8-7(5-14)15-9(16(6)8)10(11,12)13/h2-4H,5,14H2,1H3. The highest BCUT2D eigenvalue weighted by atomic mass is 19.4. The van der Waals surface area contributed by atoms with Crippen molar-refractivity contribution in [2.45, 2.75) is 19.6 Å². The summed E-state index contributed by atoms with van der Waals surface area (Å²) in [4.78, 5) is 3.55. The fourth-order valence-corrected chi connectivity index (χ4v) is 1.70. The predicted octanol–water partition coefficient (Wildman–Crippen LogP) is 2.12. The van der Waals surface area contributed by atoms with Gasteiger partial charge in [0.05, 0.1) is 11.2 Å². The Morgan fingerprint density at radius 1 is 1.38 bits per heavy atom. The average Bonchev–Trinajstić information content (AvgIpc) is 2.57. The van der Waals surface area contributed by atoms with Crippen molar-refractivity contribution in [3.8, 4) is 0 Å². The minimum Gasteiger partial charge on any atom is -0.325 e. The maximum absolute atomic E-state index is 12.7. The van der Waals surface area contributed by atoms with Crippen molar-refractivity contribution >= 4 is 5.52 Å². The third-order valence-corrected chi connectivity index (χ3v) is 2.38. The number of fused-ring (bicyclic) bond motifs is 1. The zero-order valence-corrected chi connectivity index (χ0v) is 8.54. The molecule has 2 heterocycles. The normalized spacial score (nSPS) is 12.3. The number of hydrogen-bond donors (Lipinski definition) is 1. The van der Waals surface area contributed by atoms with Crippen molar-refractivity contribution in [1.82, 2.24) is 9.38 Å². The summed E-state index contributed by atoms with van der Waals surface area (Å²) in [6.45, 7) is 1.59. The molecule has 0 atom stereocenters. The van der Waals surface area contributed by atoms with Gasteiger partial charge in [-0.3, -0.25) is 4.40 Å². The first-order valence-electron chi connectivity index (χ1n) is 4.69. The van der Waals surface area contributed by atoms with Crippen LogP contribution in [0.4, 0.5) is 13.2 Å². The monoisotopic (exact) mass is 229 g/mol. The molecule has 6 heteroatoms. The van der Waals surface area contributed by atoms with E-state index in [1.165, 1.54) is 0 Å². The van der Waals surface area contributed by atoms with Crippen LogP contribution in [0.1, 0.15) is 17.2 Å². The smallest absolute Gasteiger partial charge is 0.325 e. The van der Waals surface area contributed by atoms with Gasteiger partial charge < -0.3 is 5.73 Å². The molecule has 0 saturated carbocycles. The Hall–Kier alpha value is -1.56. The highest BCUT2D eigenvalue weighted by molar-refractivity contribution is 5.54. The topological polar surface area (TPSA) is 43.3 Å². The van der Waals surface area contributed by atoms with Crippen molar-refractivity contribution in [3.05, 3.63) is 35.4 Å². The number of alkyl halides is 3. The SMILES string of the molecule is Cc1cccc2c(CN)nc(C(F)(F)F)n12. The van der Waals surface area contributed by atoms with E-state index in [2.05, 4.69) is 4.98 Å². The van der Waals surface area contributed by atoms with E-state index in [0.717, 1.165) is 4.40 Å². The van der Waals surface area contributed by atoms with Crippen LogP contribution >= 0.6 is 0 Å². The lowest BCUT2D eigenvalue weighted by Gasteiger charge is -2.07. The maximum atomic E-state index is 12.7. The lowest BCUT2D eigenvalue weighted by Crippen LogP contribution is -2.12. The number of nitrogens with zero attached hydrogens (tertiary/aromatic N) is 2. The van der Waals surface area contributed by atoms with E-state index < -0.39 is 12.0 Å². The summed E-state index contributed by atoms with van der Waals surface area (Å²) in [5, 5.41) is 0. The van der Waals surface area contributed by atoms with Crippen LogP contribution in [0.5, 0.6) is 0 Å². The molecule has 0 saturated heterocycles. The fourth-order valence-electron chi connectivity index (χ4n) is 1.70. The van der Waals surface area contributed by atoms with Crippen LogP contribution in [-0.4, -0.2) is 9.38 Å². The third-order valence-electron chi connectivity index (χ3n) is 2.38. The van der Waals surface area contributed by atoms with Gasteiger partial charge in [-0.25, -0.2) is 4.98 Å². The van der Waals surface area contributed by atoms with Crippen LogP contribution in [-0.2, 0) is 12.7 Å². The van der Waals surface area contributed by atoms with Crippen molar-refractivity contribution < 1.29 is 13.2 Å². The van der Waals surface area contributed by atoms with E-state index in [-0.39, 0.29) is 12.2 Å². The number of aryl methyl sites for hydroxylation is 1. The van der Waals surface area contributed by atoms with E-state index in [9.17, 15) is 13.2 Å². The molecule has 0 aliphatic heterocycles. The Kier molecular flexibility index (Phi) is 2.38. The van der Waals surface area contributed by atoms with Gasteiger partial charge in [0.2, 0.25) is 5.82 Å². The number of rotatable bonds is 1. The van der Waals surface area contributed by atoms with Gasteiger partial charge in [-0.05, 0) is 19.1 Å². The summed E-state index contributed by atoms with van der Waals surface area (Å²) in [7, 11) is 0. The summed E-state index contributed by atoms with van der Waals surface area (Å²) in [6, 6.07) is 4.87. The Morgan fingerprint density at radius 3 is 2.62 bits per heavy atom. The second-order valence-corrected chi connectivity index (χ2v) is 3.47. The number of hydrogen-bond acceptors (Lipinski definition) is 2. The van der Waals surface area contributed by atoms with Gasteiger partial charge >= 0.3 is 6.18 Å². The second-order valence-electron chi connectivity index (χ2n) is 3.47. The zero-order chi connectivity index (χ0) is 11.9. The molecule has 3 nitrogen and oxygen atoms in total. The van der Waals surface area contributed by atoms with Crippen LogP contribution in [0.3, 0.4) is 0 Å². The van der Waals surface area contributed by atoms with Crippen LogP contribution in [0, 0.1) is 6.92 Å². The van der Waals surface area contributed by atoms with Gasteiger partial charge in [0.1, 0.15) is 0 Å². The molecule has 2 aromatic heterocycles. The molecule has 2 N–H and O–H groups in total. The number of nitrogens with two attached hydrogens (primary N) is 1. The largest absolute Gasteiger partial charge is 0.450 e. The van der Waals surface area contributed by atoms with Crippen molar-refractivity contribution in [2.75, 3.05) is 0 Å². The first-order valence-corrected chi connectivity index (χ1v) is 4.69. The molecule has 0 fully saturated rings. The lowest BCUT2D eigenvalue weighted by molar-refractivity contribution is -0.145. The Balaban J connectivity index is 2.85. The van der Waals surface area contributed by atoms with Crippen molar-refractivity contribution in [3.63, 3.8) is 0 Å². The number of halogens is 3. The van der Waals surface area contributed by atoms with E-state index in [1.807, 2.05) is 0 Å². The third kappa shape index (κ3) is 1.55. The summed E-state index contributed by atoms with van der Waals surface area (Å²) in [5.41, 5.74) is 6.53. The molecule has 16 heavy (non-hydrogen) atoms. The van der Waals surface area contributed by atoms with Gasteiger partial charge in [0.15, 0.2) is 0 Å². The lowest BCUT2D eigenvalue weighted by atomic mass is 10.3. The molecule has 2 aromatic rings. The summed E-state index contributed by atoms with van der Waals surface area (Å²) < 4.78 is 39.3. The summed E-state index contributed by atoms with van der Waals surface area (Å²) >= 11 is 0. The summed E-state index contributed by atoms with van der Waals surface area (Å²) in [6.07, 6.45) is -4.47. The van der Waals surface area contributed by atoms with Crippen LogP contribution < -0.4 is 5.73 Å².